The van der Waals surface area contributed by atoms with Gasteiger partial charge in [0.2, 0.25) is 0 Å². The van der Waals surface area contributed by atoms with Gasteiger partial charge in [0, 0.05) is 0 Å². The fraction of sp³-hybridized carbons (Fsp3) is 0.286. The molecule has 0 saturated carbocycles. The van der Waals surface area contributed by atoms with Crippen molar-refractivity contribution in [2.75, 3.05) is 12.8 Å². The van der Waals surface area contributed by atoms with Crippen molar-refractivity contribution >= 4 is 34.1 Å². The van der Waals surface area contributed by atoms with Crippen molar-refractivity contribution in [1.29, 1.82) is 0 Å². The maximum atomic E-state index is 6.50. The zero-order valence-electron chi connectivity index (χ0n) is 18.2. The zero-order valence-corrected chi connectivity index (χ0v) is 19.2. The van der Waals surface area contributed by atoms with Crippen LogP contribution < -0.4 is 10.0 Å². The van der Waals surface area contributed by atoms with Gasteiger partial charge in [0.1, 0.15) is 0 Å². The number of hydrogen-bond donors (Lipinski definition) is 0. The molecular formula is C28H31OP. The van der Waals surface area contributed by atoms with Crippen LogP contribution in [0.3, 0.4) is 0 Å². The third-order valence-corrected chi connectivity index (χ3v) is 12.1. The first-order chi connectivity index (χ1) is 14.6. The van der Waals surface area contributed by atoms with Gasteiger partial charge in [-0.25, -0.2) is 0 Å². The molecule has 1 heterocycles. The predicted molar refractivity (Wildman–Crippen MR) is 135 cm³/mol. The molecule has 1 aliphatic heterocycles. The Morgan fingerprint density at radius 1 is 0.833 bits per heavy atom. The molecule has 0 spiro atoms. The predicted octanol–water partition coefficient (Wildman–Crippen LogP) is 7.59. The zero-order chi connectivity index (χ0) is 20.7. The normalized spacial score (nSPS) is 18.3. The molecule has 30 heavy (non-hydrogen) atoms. The summed E-state index contributed by atoms with van der Waals surface area (Å²) in [6, 6.07) is 26.7. The number of ether oxygens (including phenoxy) is 1. The summed E-state index contributed by atoms with van der Waals surface area (Å²) in [4.78, 5) is 0. The van der Waals surface area contributed by atoms with Crippen LogP contribution in [0.5, 0.6) is 5.75 Å². The molecular weight excluding hydrogens is 383 g/mol. The minimum atomic E-state index is -1.77. The average molecular weight is 415 g/mol. The summed E-state index contributed by atoms with van der Waals surface area (Å²) in [5.41, 5.74) is 2.78. The van der Waals surface area contributed by atoms with Gasteiger partial charge in [-0.1, -0.05) is 0 Å². The van der Waals surface area contributed by atoms with Crippen LogP contribution in [0.2, 0.25) is 0 Å². The van der Waals surface area contributed by atoms with E-state index in [1.165, 1.54) is 63.4 Å². The van der Waals surface area contributed by atoms with Gasteiger partial charge >= 0.3 is 180 Å². The Balaban J connectivity index is 1.82. The van der Waals surface area contributed by atoms with Crippen molar-refractivity contribution in [1.82, 2.24) is 0 Å². The van der Waals surface area contributed by atoms with Crippen LogP contribution in [0, 0.1) is 0 Å². The van der Waals surface area contributed by atoms with Crippen molar-refractivity contribution in [3.05, 3.63) is 72.8 Å². The minimum absolute atomic E-state index is 0.326. The van der Waals surface area contributed by atoms with Gasteiger partial charge in [0.25, 0.3) is 0 Å². The van der Waals surface area contributed by atoms with E-state index in [0.29, 0.717) is 5.85 Å². The van der Waals surface area contributed by atoms with E-state index in [1.54, 1.807) is 0 Å². The molecule has 5 rings (SSSR count). The summed E-state index contributed by atoms with van der Waals surface area (Å²) in [5, 5.41) is 6.84. The molecule has 0 aromatic heterocycles. The van der Waals surface area contributed by atoms with Crippen molar-refractivity contribution in [3.8, 4) is 16.9 Å². The Morgan fingerprint density at radius 2 is 1.50 bits per heavy atom. The van der Waals surface area contributed by atoms with Crippen LogP contribution in [0.25, 0.3) is 32.7 Å². The molecule has 0 N–H and O–H groups in total. The molecule has 0 bridgehead atoms. The van der Waals surface area contributed by atoms with Gasteiger partial charge in [-0.2, -0.15) is 0 Å². The number of unbranched alkanes of at least 4 members (excludes halogenated alkanes) is 2. The van der Waals surface area contributed by atoms with E-state index < -0.39 is 7.26 Å². The van der Waals surface area contributed by atoms with Crippen LogP contribution >= 0.6 is 7.26 Å². The molecule has 1 unspecified atom stereocenters. The van der Waals surface area contributed by atoms with E-state index in [4.69, 9.17) is 4.74 Å². The van der Waals surface area contributed by atoms with Crippen molar-refractivity contribution in [2.24, 2.45) is 0 Å². The fourth-order valence-corrected chi connectivity index (χ4v) is 9.29. The molecule has 0 fully saturated rings. The van der Waals surface area contributed by atoms with Gasteiger partial charge in [-0.15, -0.1) is 0 Å². The Morgan fingerprint density at radius 3 is 2.17 bits per heavy atom. The van der Waals surface area contributed by atoms with Crippen molar-refractivity contribution in [2.45, 2.75) is 39.0 Å². The molecule has 0 amide bonds. The topological polar surface area (TPSA) is 9.23 Å². The van der Waals surface area contributed by atoms with Crippen LogP contribution in [-0.4, -0.2) is 18.7 Å². The molecule has 4 aromatic rings. The van der Waals surface area contributed by atoms with E-state index in [0.717, 1.165) is 5.75 Å². The van der Waals surface area contributed by atoms with Gasteiger partial charge in [0.05, 0.1) is 0 Å². The molecule has 1 aliphatic rings. The third kappa shape index (κ3) is 3.03. The van der Waals surface area contributed by atoms with Crippen LogP contribution in [0.1, 0.15) is 33.1 Å². The summed E-state index contributed by atoms with van der Waals surface area (Å²) >= 11 is 0. The summed E-state index contributed by atoms with van der Waals surface area (Å²) in [6.07, 6.45) is 5.18. The van der Waals surface area contributed by atoms with E-state index in [-0.39, 0.29) is 0 Å². The Labute approximate surface area is 180 Å². The number of hydrogen-bond acceptors (Lipinski definition) is 1. The quantitative estimate of drug-likeness (QED) is 0.186. The molecule has 0 saturated heterocycles. The Hall–Kier alpha value is -2.37. The summed E-state index contributed by atoms with van der Waals surface area (Å²) in [7, 11) is -1.77. The molecule has 0 aliphatic carbocycles. The second kappa shape index (κ2) is 7.71. The van der Waals surface area contributed by atoms with E-state index in [2.05, 4.69) is 93.3 Å². The van der Waals surface area contributed by atoms with Crippen molar-refractivity contribution in [3.63, 3.8) is 0 Å². The first-order valence-corrected chi connectivity index (χ1v) is 14.1. The first kappa shape index (κ1) is 19.6. The van der Waals surface area contributed by atoms with E-state index in [9.17, 15) is 0 Å². The summed E-state index contributed by atoms with van der Waals surface area (Å²) < 4.78 is 6.50. The van der Waals surface area contributed by atoms with Gasteiger partial charge in [-0.3, -0.25) is 0 Å². The first-order valence-electron chi connectivity index (χ1n) is 11.3. The second-order valence-corrected chi connectivity index (χ2v) is 13.7. The van der Waals surface area contributed by atoms with Gasteiger partial charge < -0.3 is 0 Å². The van der Waals surface area contributed by atoms with Gasteiger partial charge in [-0.05, 0) is 0 Å². The van der Waals surface area contributed by atoms with Gasteiger partial charge in [0.15, 0.2) is 0 Å². The monoisotopic (exact) mass is 414 g/mol. The molecule has 4 aromatic carbocycles. The van der Waals surface area contributed by atoms with Crippen LogP contribution in [0.4, 0.5) is 0 Å². The standard InChI is InChI=1S/C28H31OP/c1-4-5-10-18-30(3)20(2)29-26-17-11-16-25(28(26)30)27-23-14-8-6-12-21(23)19-22-13-7-9-15-24(22)27/h6-9,11-17,19-20,30H,4-5,10,18H2,1-3H3. The molecule has 0 radical (unpaired) electrons. The number of benzene rings is 4. The Bertz CT molecular complexity index is 1170. The van der Waals surface area contributed by atoms with Crippen LogP contribution in [0.15, 0.2) is 72.8 Å². The van der Waals surface area contributed by atoms with Crippen molar-refractivity contribution < 1.29 is 4.74 Å². The van der Waals surface area contributed by atoms with Crippen LogP contribution in [-0.2, 0) is 0 Å². The SMILES string of the molecule is CCCCC[PH]1(C)c2c(cccc2-c2c3ccccc3cc3ccccc23)OC1C. The molecule has 1 nitrogen and oxygen atoms in total. The summed E-state index contributed by atoms with van der Waals surface area (Å²) in [6.45, 7) is 7.15. The fourth-order valence-electron chi connectivity index (χ4n) is 5.32. The molecule has 1 atom stereocenters. The molecule has 2 heteroatoms. The Kier molecular flexibility index (Phi) is 5.03. The summed E-state index contributed by atoms with van der Waals surface area (Å²) in [5.74, 6) is 1.45. The third-order valence-electron chi connectivity index (χ3n) is 7.14. The maximum absolute atomic E-state index is 6.50. The average Bonchev–Trinajstić information content (AvgIpc) is 3.02. The van der Waals surface area contributed by atoms with E-state index in [1.807, 2.05) is 0 Å². The second-order valence-electron chi connectivity index (χ2n) is 9.01. The number of fused-ring (bicyclic) bond motifs is 3. The molecule has 154 valence electrons. The number of rotatable bonds is 5. The van der Waals surface area contributed by atoms with E-state index >= 15 is 0 Å².